The monoisotopic (exact) mass is 657 g/mol. The SMILES string of the molecule is CNC(=O)c1[nH]c(-c2ncc(CNC(=O)c3[nH]c(-c4cc(C)nc(C)c4)cc3OC(C)c3ccccc3)[nH]2)cc1OC(C)c1ccccc1. The van der Waals surface area contributed by atoms with E-state index in [-0.39, 0.29) is 36.3 Å². The molecule has 2 unspecified atom stereocenters. The molecule has 11 heteroatoms. The topological polar surface area (TPSA) is 150 Å². The quantitative estimate of drug-likeness (QED) is 0.0959. The van der Waals surface area contributed by atoms with E-state index < -0.39 is 0 Å². The van der Waals surface area contributed by atoms with E-state index in [1.165, 1.54) is 0 Å². The lowest BCUT2D eigenvalue weighted by molar-refractivity contribution is 0.0935. The Bertz CT molecular complexity index is 2040. The van der Waals surface area contributed by atoms with Crippen LogP contribution in [0.3, 0.4) is 0 Å². The molecule has 0 fully saturated rings. The summed E-state index contributed by atoms with van der Waals surface area (Å²) in [5.41, 5.74) is 7.18. The van der Waals surface area contributed by atoms with Crippen LogP contribution in [0.4, 0.5) is 0 Å². The Labute approximate surface area is 284 Å². The van der Waals surface area contributed by atoms with E-state index in [0.717, 1.165) is 33.8 Å². The first kappa shape index (κ1) is 32.8. The van der Waals surface area contributed by atoms with E-state index in [4.69, 9.17) is 9.47 Å². The number of aryl methyl sites for hydroxylation is 2. The van der Waals surface area contributed by atoms with Crippen LogP contribution in [-0.4, -0.2) is 43.8 Å². The fourth-order valence-electron chi connectivity index (χ4n) is 5.61. The van der Waals surface area contributed by atoms with Crippen LogP contribution in [0.15, 0.2) is 91.1 Å². The summed E-state index contributed by atoms with van der Waals surface area (Å²) in [4.78, 5) is 45.0. The van der Waals surface area contributed by atoms with Crippen molar-refractivity contribution in [1.29, 1.82) is 0 Å². The van der Waals surface area contributed by atoms with Crippen molar-refractivity contribution < 1.29 is 19.1 Å². The van der Waals surface area contributed by atoms with Crippen LogP contribution in [-0.2, 0) is 6.54 Å². The maximum Gasteiger partial charge on any atom is 0.271 e. The Morgan fingerprint density at radius 1 is 0.735 bits per heavy atom. The lowest BCUT2D eigenvalue weighted by Crippen LogP contribution is -2.24. The lowest BCUT2D eigenvalue weighted by Gasteiger charge is -2.15. The number of amides is 2. The number of carbonyl (C=O) groups is 2. The zero-order chi connectivity index (χ0) is 34.5. The number of hydrogen-bond acceptors (Lipinski definition) is 6. The number of H-pyrrole nitrogens is 3. The van der Waals surface area contributed by atoms with Crippen LogP contribution in [0.2, 0.25) is 0 Å². The number of rotatable bonds is 12. The molecule has 0 bridgehead atoms. The van der Waals surface area contributed by atoms with Gasteiger partial charge in [-0.2, -0.15) is 0 Å². The van der Waals surface area contributed by atoms with Gasteiger partial charge in [0.15, 0.2) is 17.3 Å². The third-order valence-corrected chi connectivity index (χ3v) is 8.11. The zero-order valence-corrected chi connectivity index (χ0v) is 28.0. The second-order valence-electron chi connectivity index (χ2n) is 11.8. The minimum Gasteiger partial charge on any atom is -0.484 e. The minimum atomic E-state index is -0.340. The van der Waals surface area contributed by atoms with E-state index >= 15 is 0 Å². The van der Waals surface area contributed by atoms with Gasteiger partial charge in [-0.25, -0.2) is 4.98 Å². The Morgan fingerprint density at radius 3 is 1.84 bits per heavy atom. The van der Waals surface area contributed by atoms with Crippen molar-refractivity contribution in [3.8, 4) is 34.3 Å². The van der Waals surface area contributed by atoms with E-state index in [1.54, 1.807) is 19.3 Å². The van der Waals surface area contributed by atoms with E-state index in [1.807, 2.05) is 107 Å². The zero-order valence-electron chi connectivity index (χ0n) is 28.0. The van der Waals surface area contributed by atoms with E-state index in [2.05, 4.69) is 35.6 Å². The highest BCUT2D eigenvalue weighted by Crippen LogP contribution is 2.32. The maximum absolute atomic E-state index is 13.7. The summed E-state index contributed by atoms with van der Waals surface area (Å²) in [5, 5.41) is 5.63. The van der Waals surface area contributed by atoms with Crippen molar-refractivity contribution in [2.75, 3.05) is 7.05 Å². The molecule has 250 valence electrons. The van der Waals surface area contributed by atoms with Crippen molar-refractivity contribution in [1.82, 2.24) is 35.6 Å². The molecule has 5 N–H and O–H groups in total. The van der Waals surface area contributed by atoms with Crippen LogP contribution >= 0.6 is 0 Å². The van der Waals surface area contributed by atoms with Gasteiger partial charge in [-0.1, -0.05) is 60.7 Å². The van der Waals surface area contributed by atoms with Gasteiger partial charge in [0, 0.05) is 41.8 Å². The van der Waals surface area contributed by atoms with Gasteiger partial charge in [0.2, 0.25) is 0 Å². The highest BCUT2D eigenvalue weighted by atomic mass is 16.5. The molecule has 4 aromatic heterocycles. The van der Waals surface area contributed by atoms with Crippen molar-refractivity contribution in [2.24, 2.45) is 0 Å². The first-order valence-corrected chi connectivity index (χ1v) is 16.1. The summed E-state index contributed by atoms with van der Waals surface area (Å²) in [5.74, 6) is 0.668. The highest BCUT2D eigenvalue weighted by molar-refractivity contribution is 5.97. The number of carbonyl (C=O) groups excluding carboxylic acids is 2. The fourth-order valence-corrected chi connectivity index (χ4v) is 5.61. The molecule has 0 saturated carbocycles. The van der Waals surface area contributed by atoms with Crippen LogP contribution < -0.4 is 20.1 Å². The average molecular weight is 658 g/mol. The number of hydrogen-bond donors (Lipinski definition) is 5. The summed E-state index contributed by atoms with van der Waals surface area (Å²) in [6.45, 7) is 7.91. The Hall–Kier alpha value is -6.10. The number of nitrogens with one attached hydrogen (secondary N) is 5. The summed E-state index contributed by atoms with van der Waals surface area (Å²) in [7, 11) is 1.56. The predicted octanol–water partition coefficient (Wildman–Crippen LogP) is 6.98. The number of nitrogens with zero attached hydrogens (tertiary/aromatic N) is 2. The Morgan fingerprint density at radius 2 is 1.27 bits per heavy atom. The molecular formula is C38H39N7O4. The van der Waals surface area contributed by atoms with Crippen LogP contribution in [0.5, 0.6) is 11.5 Å². The second kappa shape index (κ2) is 14.3. The molecule has 0 aliphatic rings. The third kappa shape index (κ3) is 7.57. The first-order chi connectivity index (χ1) is 23.7. The molecule has 11 nitrogen and oxygen atoms in total. The molecule has 6 aromatic rings. The van der Waals surface area contributed by atoms with Gasteiger partial charge in [0.25, 0.3) is 11.8 Å². The van der Waals surface area contributed by atoms with Gasteiger partial charge in [-0.15, -0.1) is 0 Å². The summed E-state index contributed by atoms with van der Waals surface area (Å²) < 4.78 is 12.5. The molecule has 0 spiro atoms. The molecule has 2 aromatic carbocycles. The Kier molecular flexibility index (Phi) is 9.61. The average Bonchev–Trinajstić information content (AvgIpc) is 3.86. The fraction of sp³-hybridized carbons (Fsp3) is 0.211. The molecule has 0 aliphatic heterocycles. The summed E-state index contributed by atoms with van der Waals surface area (Å²) in [6, 6.07) is 27.1. The number of ether oxygens (including phenoxy) is 2. The minimum absolute atomic E-state index is 0.165. The smallest absolute Gasteiger partial charge is 0.271 e. The molecule has 0 aliphatic carbocycles. The third-order valence-electron chi connectivity index (χ3n) is 8.11. The number of imidazole rings is 1. The van der Waals surface area contributed by atoms with Crippen LogP contribution in [0.1, 0.15) is 75.2 Å². The van der Waals surface area contributed by atoms with Crippen molar-refractivity contribution in [2.45, 2.75) is 46.4 Å². The summed E-state index contributed by atoms with van der Waals surface area (Å²) in [6.07, 6.45) is 1.05. The lowest BCUT2D eigenvalue weighted by atomic mass is 10.1. The first-order valence-electron chi connectivity index (χ1n) is 16.1. The normalized spacial score (nSPS) is 12.3. The van der Waals surface area contributed by atoms with Crippen molar-refractivity contribution in [3.05, 3.63) is 131 Å². The molecule has 2 atom stereocenters. The maximum atomic E-state index is 13.7. The molecular weight excluding hydrogens is 618 g/mol. The van der Waals surface area contributed by atoms with Crippen LogP contribution in [0.25, 0.3) is 22.8 Å². The van der Waals surface area contributed by atoms with Gasteiger partial charge >= 0.3 is 0 Å². The van der Waals surface area contributed by atoms with Crippen LogP contribution in [0, 0.1) is 13.8 Å². The van der Waals surface area contributed by atoms with Crippen molar-refractivity contribution >= 4 is 11.8 Å². The molecule has 0 saturated heterocycles. The standard InChI is InChI=1S/C38H39N7O4/c1-22-16-28(17-23(2)42-22)30-18-32(48-24(3)26-12-8-6-9-13-26)35(44-30)38(47)41-21-29-20-40-36(43-29)31-19-33(34(45-31)37(46)39-5)49-25(4)27-14-10-7-11-15-27/h6-20,24-25,44-45H,21H2,1-5H3,(H,39,46)(H,40,43)(H,41,47). The number of benzene rings is 2. The van der Waals surface area contributed by atoms with Gasteiger partial charge in [0.05, 0.1) is 24.1 Å². The largest absolute Gasteiger partial charge is 0.484 e. The number of aromatic nitrogens is 5. The highest BCUT2D eigenvalue weighted by Gasteiger charge is 2.23. The van der Waals surface area contributed by atoms with Gasteiger partial charge in [-0.05, 0) is 51.0 Å². The van der Waals surface area contributed by atoms with Gasteiger partial charge < -0.3 is 35.1 Å². The van der Waals surface area contributed by atoms with E-state index in [9.17, 15) is 9.59 Å². The molecule has 4 heterocycles. The second-order valence-corrected chi connectivity index (χ2v) is 11.8. The summed E-state index contributed by atoms with van der Waals surface area (Å²) >= 11 is 0. The molecule has 49 heavy (non-hydrogen) atoms. The molecule has 6 rings (SSSR count). The predicted molar refractivity (Wildman–Crippen MR) is 187 cm³/mol. The number of pyridine rings is 1. The van der Waals surface area contributed by atoms with E-state index in [0.29, 0.717) is 34.4 Å². The Balaban J connectivity index is 1.21. The van der Waals surface area contributed by atoms with Crippen molar-refractivity contribution in [3.63, 3.8) is 0 Å². The number of aromatic amines is 3. The molecule has 0 radical (unpaired) electrons. The van der Waals surface area contributed by atoms with Gasteiger partial charge in [0.1, 0.15) is 23.6 Å². The molecule has 2 amide bonds. The van der Waals surface area contributed by atoms with Gasteiger partial charge in [-0.3, -0.25) is 14.6 Å².